The quantitative estimate of drug-likeness (QED) is 0.556. The van der Waals surface area contributed by atoms with E-state index < -0.39 is 0 Å². The number of hydrogen-bond acceptors (Lipinski definition) is 3. The number of amides is 2. The number of carbonyl (C=O) groups is 2. The summed E-state index contributed by atoms with van der Waals surface area (Å²) >= 11 is 5.15. The molecule has 0 heterocycles. The van der Waals surface area contributed by atoms with Crippen LogP contribution in [-0.2, 0) is 4.79 Å². The minimum absolute atomic E-state index is 0.0791. The molecule has 5 nitrogen and oxygen atoms in total. The zero-order chi connectivity index (χ0) is 17.9. The van der Waals surface area contributed by atoms with E-state index in [1.54, 1.807) is 38.4 Å². The highest BCUT2D eigenvalue weighted by Crippen LogP contribution is 2.12. The van der Waals surface area contributed by atoms with Crippen LogP contribution in [0.25, 0.3) is 0 Å². The standard InChI is InChI=1S/C18H27N3O2S/c1-4-5-6-7-8-12-16(22)20-18(24)19-15-11-9-10-14(13-15)17(23)21(2)3/h9-11,13H,4-8,12H2,1-3H3,(H2,19,20,22,24). The van der Waals surface area contributed by atoms with Gasteiger partial charge in [-0.3, -0.25) is 9.59 Å². The summed E-state index contributed by atoms with van der Waals surface area (Å²) in [6.07, 6.45) is 5.99. The maximum Gasteiger partial charge on any atom is 0.253 e. The zero-order valence-electron chi connectivity index (χ0n) is 14.7. The van der Waals surface area contributed by atoms with Crippen molar-refractivity contribution in [2.75, 3.05) is 19.4 Å². The first-order valence-electron chi connectivity index (χ1n) is 8.36. The highest BCUT2D eigenvalue weighted by molar-refractivity contribution is 7.80. The van der Waals surface area contributed by atoms with Crippen molar-refractivity contribution in [2.45, 2.75) is 45.4 Å². The summed E-state index contributed by atoms with van der Waals surface area (Å²) < 4.78 is 0. The van der Waals surface area contributed by atoms with Gasteiger partial charge in [0, 0.05) is 31.8 Å². The average Bonchev–Trinajstić information content (AvgIpc) is 2.53. The van der Waals surface area contributed by atoms with Gasteiger partial charge in [-0.25, -0.2) is 0 Å². The van der Waals surface area contributed by atoms with Gasteiger partial charge in [0.15, 0.2) is 5.11 Å². The number of nitrogens with one attached hydrogen (secondary N) is 2. The summed E-state index contributed by atoms with van der Waals surface area (Å²) in [6.45, 7) is 2.16. The van der Waals surface area contributed by atoms with Crippen LogP contribution in [0.1, 0.15) is 55.8 Å². The summed E-state index contributed by atoms with van der Waals surface area (Å²) in [5.74, 6) is -0.162. The lowest BCUT2D eigenvalue weighted by atomic mass is 10.1. The first-order chi connectivity index (χ1) is 11.4. The van der Waals surface area contributed by atoms with Gasteiger partial charge in [-0.05, 0) is 36.8 Å². The number of hydrogen-bond donors (Lipinski definition) is 2. The van der Waals surface area contributed by atoms with E-state index in [9.17, 15) is 9.59 Å². The minimum Gasteiger partial charge on any atom is -0.345 e. The minimum atomic E-state index is -0.0827. The van der Waals surface area contributed by atoms with Crippen molar-refractivity contribution in [3.63, 3.8) is 0 Å². The Labute approximate surface area is 149 Å². The first-order valence-corrected chi connectivity index (χ1v) is 8.77. The molecule has 1 rings (SSSR count). The number of thiocarbonyl (C=S) groups is 1. The highest BCUT2D eigenvalue weighted by atomic mass is 32.1. The Bertz CT molecular complexity index is 573. The van der Waals surface area contributed by atoms with Crippen LogP contribution < -0.4 is 10.6 Å². The van der Waals surface area contributed by atoms with Gasteiger partial charge >= 0.3 is 0 Å². The molecule has 132 valence electrons. The molecule has 0 radical (unpaired) electrons. The van der Waals surface area contributed by atoms with E-state index in [0.717, 1.165) is 12.8 Å². The van der Waals surface area contributed by atoms with Crippen LogP contribution in [0.5, 0.6) is 0 Å². The second-order valence-electron chi connectivity index (χ2n) is 5.95. The molecular weight excluding hydrogens is 322 g/mol. The van der Waals surface area contributed by atoms with Gasteiger partial charge in [0.1, 0.15) is 0 Å². The predicted molar refractivity (Wildman–Crippen MR) is 102 cm³/mol. The molecule has 0 saturated heterocycles. The summed E-state index contributed by atoms with van der Waals surface area (Å²) in [7, 11) is 3.40. The van der Waals surface area contributed by atoms with Crippen LogP contribution in [0, 0.1) is 0 Å². The third-order valence-corrected chi connectivity index (χ3v) is 3.74. The van der Waals surface area contributed by atoms with Crippen molar-refractivity contribution in [3.05, 3.63) is 29.8 Å². The molecule has 0 saturated carbocycles. The van der Waals surface area contributed by atoms with Gasteiger partial charge in [-0.1, -0.05) is 38.7 Å². The van der Waals surface area contributed by atoms with E-state index in [0.29, 0.717) is 17.7 Å². The molecule has 6 heteroatoms. The van der Waals surface area contributed by atoms with E-state index in [1.807, 2.05) is 0 Å². The molecule has 0 fully saturated rings. The van der Waals surface area contributed by atoms with E-state index in [-0.39, 0.29) is 16.9 Å². The van der Waals surface area contributed by atoms with Crippen LogP contribution in [0.2, 0.25) is 0 Å². The number of carbonyl (C=O) groups excluding carboxylic acids is 2. The lowest BCUT2D eigenvalue weighted by Crippen LogP contribution is -2.34. The van der Waals surface area contributed by atoms with Crippen LogP contribution in [0.4, 0.5) is 5.69 Å². The number of unbranched alkanes of at least 4 members (excludes halogenated alkanes) is 4. The maximum absolute atomic E-state index is 11.9. The lowest BCUT2D eigenvalue weighted by molar-refractivity contribution is -0.119. The number of anilines is 1. The molecule has 0 bridgehead atoms. The number of benzene rings is 1. The van der Waals surface area contributed by atoms with Crippen molar-refractivity contribution in [2.24, 2.45) is 0 Å². The molecule has 0 aliphatic heterocycles. The Morgan fingerprint density at radius 1 is 1.12 bits per heavy atom. The summed E-state index contributed by atoms with van der Waals surface area (Å²) in [4.78, 5) is 25.3. The fourth-order valence-electron chi connectivity index (χ4n) is 2.23. The maximum atomic E-state index is 11.9. The predicted octanol–water partition coefficient (Wildman–Crippen LogP) is 3.56. The van der Waals surface area contributed by atoms with Gasteiger partial charge in [0.05, 0.1) is 0 Å². The van der Waals surface area contributed by atoms with Crippen LogP contribution in [0.3, 0.4) is 0 Å². The van der Waals surface area contributed by atoms with Crippen molar-refractivity contribution >= 4 is 34.8 Å². The average molecular weight is 350 g/mol. The van der Waals surface area contributed by atoms with Crippen molar-refractivity contribution in [1.29, 1.82) is 0 Å². The molecule has 0 atom stereocenters. The van der Waals surface area contributed by atoms with E-state index in [1.165, 1.54) is 24.2 Å². The van der Waals surface area contributed by atoms with Gasteiger partial charge in [-0.2, -0.15) is 0 Å². The summed E-state index contributed by atoms with van der Waals surface area (Å²) in [5.41, 5.74) is 1.24. The van der Waals surface area contributed by atoms with Gasteiger partial charge < -0.3 is 15.5 Å². The van der Waals surface area contributed by atoms with E-state index in [4.69, 9.17) is 12.2 Å². The SMILES string of the molecule is CCCCCCCC(=O)NC(=S)Nc1cccc(C(=O)N(C)C)c1. The highest BCUT2D eigenvalue weighted by Gasteiger charge is 2.09. The topological polar surface area (TPSA) is 61.4 Å². The Morgan fingerprint density at radius 3 is 2.50 bits per heavy atom. The molecule has 2 N–H and O–H groups in total. The molecule has 0 aliphatic carbocycles. The zero-order valence-corrected chi connectivity index (χ0v) is 15.5. The second-order valence-corrected chi connectivity index (χ2v) is 6.36. The lowest BCUT2D eigenvalue weighted by Gasteiger charge is -2.13. The smallest absolute Gasteiger partial charge is 0.253 e. The largest absolute Gasteiger partial charge is 0.345 e. The molecule has 1 aromatic rings. The first kappa shape index (κ1) is 20.1. The molecule has 0 spiro atoms. The molecule has 1 aromatic carbocycles. The van der Waals surface area contributed by atoms with Gasteiger partial charge in [-0.15, -0.1) is 0 Å². The Balaban J connectivity index is 2.43. The van der Waals surface area contributed by atoms with Crippen molar-refractivity contribution in [1.82, 2.24) is 10.2 Å². The molecule has 0 aromatic heterocycles. The second kappa shape index (κ2) is 10.8. The number of nitrogens with zero attached hydrogens (tertiary/aromatic N) is 1. The van der Waals surface area contributed by atoms with Crippen molar-refractivity contribution in [3.8, 4) is 0 Å². The Hall–Kier alpha value is -1.95. The molecule has 0 aliphatic rings. The fraction of sp³-hybridized carbons (Fsp3) is 0.500. The summed E-state index contributed by atoms with van der Waals surface area (Å²) in [5, 5.41) is 5.88. The normalized spacial score (nSPS) is 10.1. The molecule has 0 unspecified atom stereocenters. The monoisotopic (exact) mass is 349 g/mol. The van der Waals surface area contributed by atoms with Crippen LogP contribution in [0.15, 0.2) is 24.3 Å². The summed E-state index contributed by atoms with van der Waals surface area (Å²) in [6, 6.07) is 7.03. The third-order valence-electron chi connectivity index (χ3n) is 3.53. The number of rotatable bonds is 8. The van der Waals surface area contributed by atoms with E-state index in [2.05, 4.69) is 17.6 Å². The fourth-order valence-corrected chi connectivity index (χ4v) is 2.46. The molecular formula is C18H27N3O2S. The Morgan fingerprint density at radius 2 is 1.83 bits per heavy atom. The molecule has 2 amide bonds. The van der Waals surface area contributed by atoms with Crippen molar-refractivity contribution < 1.29 is 9.59 Å². The van der Waals surface area contributed by atoms with Crippen LogP contribution in [-0.4, -0.2) is 35.9 Å². The van der Waals surface area contributed by atoms with Crippen LogP contribution >= 0.6 is 12.2 Å². The van der Waals surface area contributed by atoms with Gasteiger partial charge in [0.25, 0.3) is 5.91 Å². The Kier molecular flexibility index (Phi) is 9.01. The van der Waals surface area contributed by atoms with E-state index >= 15 is 0 Å². The third kappa shape index (κ3) is 7.55. The molecule has 24 heavy (non-hydrogen) atoms. The van der Waals surface area contributed by atoms with Gasteiger partial charge in [0.2, 0.25) is 5.91 Å².